The minimum absolute atomic E-state index is 1.22. The van der Waals surface area contributed by atoms with Gasteiger partial charge in [-0.05, 0) is 99.7 Å². The second-order valence-electron chi connectivity index (χ2n) is 12.1. The first-order chi connectivity index (χ1) is 22.8. The standard InChI is InChI=1S/C46H30/c1-2-11-31(12-3-1)38-27-28-43-44(30-38)46(40-20-10-16-34-14-6-7-17-39(34)40)42-19-9-8-18-41(42)45(43)35-24-21-33(22-25-35)37-26-23-32-13-4-5-15-36(32)29-37/h1-30H. The lowest BCUT2D eigenvalue weighted by Gasteiger charge is -2.20. The van der Waals surface area contributed by atoms with Crippen molar-refractivity contribution in [1.82, 2.24) is 0 Å². The van der Waals surface area contributed by atoms with Crippen molar-refractivity contribution >= 4 is 43.1 Å². The van der Waals surface area contributed by atoms with Gasteiger partial charge in [0, 0.05) is 0 Å². The Morgan fingerprint density at radius 3 is 1.54 bits per heavy atom. The van der Waals surface area contributed by atoms with Gasteiger partial charge in [-0.2, -0.15) is 0 Å². The summed E-state index contributed by atoms with van der Waals surface area (Å²) in [7, 11) is 0. The van der Waals surface area contributed by atoms with Crippen LogP contribution >= 0.6 is 0 Å². The minimum atomic E-state index is 1.22. The third kappa shape index (κ3) is 4.38. The number of fused-ring (bicyclic) bond motifs is 4. The first kappa shape index (κ1) is 26.4. The van der Waals surface area contributed by atoms with Gasteiger partial charge in [0.1, 0.15) is 0 Å². The van der Waals surface area contributed by atoms with E-state index in [9.17, 15) is 0 Å². The number of rotatable bonds is 4. The Morgan fingerprint density at radius 2 is 0.739 bits per heavy atom. The van der Waals surface area contributed by atoms with Crippen LogP contribution in [0.25, 0.3) is 87.6 Å². The Balaban J connectivity index is 1.31. The zero-order chi connectivity index (χ0) is 30.5. The Bertz CT molecular complexity index is 2550. The van der Waals surface area contributed by atoms with Crippen molar-refractivity contribution in [3.8, 4) is 44.5 Å². The van der Waals surface area contributed by atoms with Crippen molar-refractivity contribution in [2.75, 3.05) is 0 Å². The van der Waals surface area contributed by atoms with Crippen LogP contribution in [-0.4, -0.2) is 0 Å². The number of benzene rings is 9. The van der Waals surface area contributed by atoms with E-state index in [1.54, 1.807) is 0 Å². The summed E-state index contributed by atoms with van der Waals surface area (Å²) in [6.07, 6.45) is 0. The van der Waals surface area contributed by atoms with E-state index in [0.717, 1.165) is 0 Å². The van der Waals surface area contributed by atoms with Crippen LogP contribution in [0, 0.1) is 0 Å². The molecule has 46 heavy (non-hydrogen) atoms. The second kappa shape index (κ2) is 10.9. The molecule has 0 heterocycles. The zero-order valence-electron chi connectivity index (χ0n) is 25.3. The third-order valence-corrected chi connectivity index (χ3v) is 9.45. The summed E-state index contributed by atoms with van der Waals surface area (Å²) in [6.45, 7) is 0. The quantitative estimate of drug-likeness (QED) is 0.181. The molecule has 0 aliphatic rings. The van der Waals surface area contributed by atoms with E-state index >= 15 is 0 Å². The van der Waals surface area contributed by atoms with Gasteiger partial charge < -0.3 is 0 Å². The fourth-order valence-electron chi connectivity index (χ4n) is 7.23. The second-order valence-corrected chi connectivity index (χ2v) is 12.1. The van der Waals surface area contributed by atoms with Crippen molar-refractivity contribution in [3.05, 3.63) is 182 Å². The van der Waals surface area contributed by atoms with Gasteiger partial charge in [0.25, 0.3) is 0 Å². The van der Waals surface area contributed by atoms with Crippen LogP contribution in [0.3, 0.4) is 0 Å². The fourth-order valence-corrected chi connectivity index (χ4v) is 7.23. The van der Waals surface area contributed by atoms with E-state index in [2.05, 4.69) is 182 Å². The molecular weight excluding hydrogens is 553 g/mol. The molecule has 0 aromatic heterocycles. The highest BCUT2D eigenvalue weighted by molar-refractivity contribution is 6.24. The molecule has 0 nitrogen and oxygen atoms in total. The van der Waals surface area contributed by atoms with Gasteiger partial charge in [-0.1, -0.05) is 170 Å². The van der Waals surface area contributed by atoms with Gasteiger partial charge in [-0.25, -0.2) is 0 Å². The molecule has 0 saturated carbocycles. The highest BCUT2D eigenvalue weighted by Crippen LogP contribution is 2.46. The molecule has 214 valence electrons. The monoisotopic (exact) mass is 582 g/mol. The smallest absolute Gasteiger partial charge is 0.00199 e. The molecule has 9 aromatic rings. The number of hydrogen-bond donors (Lipinski definition) is 0. The van der Waals surface area contributed by atoms with Crippen LogP contribution in [-0.2, 0) is 0 Å². The van der Waals surface area contributed by atoms with Crippen molar-refractivity contribution in [1.29, 1.82) is 0 Å². The highest BCUT2D eigenvalue weighted by atomic mass is 14.2. The minimum Gasteiger partial charge on any atom is -0.0622 e. The lowest BCUT2D eigenvalue weighted by Crippen LogP contribution is -1.92. The first-order valence-corrected chi connectivity index (χ1v) is 15.9. The largest absolute Gasteiger partial charge is 0.0622 e. The van der Waals surface area contributed by atoms with E-state index < -0.39 is 0 Å². The Labute approximate surface area is 268 Å². The molecule has 9 rings (SSSR count). The molecule has 0 heteroatoms. The van der Waals surface area contributed by atoms with Crippen LogP contribution in [0.1, 0.15) is 0 Å². The number of hydrogen-bond acceptors (Lipinski definition) is 0. The summed E-state index contributed by atoms with van der Waals surface area (Å²) >= 11 is 0. The van der Waals surface area contributed by atoms with Crippen LogP contribution in [0.4, 0.5) is 0 Å². The molecule has 0 bridgehead atoms. The molecule has 0 aliphatic carbocycles. The van der Waals surface area contributed by atoms with Crippen LogP contribution in [0.5, 0.6) is 0 Å². The average molecular weight is 583 g/mol. The van der Waals surface area contributed by atoms with Gasteiger partial charge >= 0.3 is 0 Å². The zero-order valence-corrected chi connectivity index (χ0v) is 25.3. The summed E-state index contributed by atoms with van der Waals surface area (Å²) in [5.41, 5.74) is 9.96. The Hall–Kier alpha value is -5.98. The van der Waals surface area contributed by atoms with Gasteiger partial charge in [0.2, 0.25) is 0 Å². The molecule has 0 amide bonds. The Morgan fingerprint density at radius 1 is 0.217 bits per heavy atom. The summed E-state index contributed by atoms with van der Waals surface area (Å²) < 4.78 is 0. The average Bonchev–Trinajstić information content (AvgIpc) is 3.14. The van der Waals surface area contributed by atoms with Crippen LogP contribution in [0.2, 0.25) is 0 Å². The van der Waals surface area contributed by atoms with E-state index in [1.165, 1.54) is 87.6 Å². The SMILES string of the molecule is c1ccc(-c2ccc3c(-c4ccc(-c5ccc6ccccc6c5)cc4)c4ccccc4c(-c4cccc5ccccc45)c3c2)cc1. The van der Waals surface area contributed by atoms with E-state index in [-0.39, 0.29) is 0 Å². The summed E-state index contributed by atoms with van der Waals surface area (Å²) in [6, 6.07) is 66.6. The van der Waals surface area contributed by atoms with Gasteiger partial charge in [-0.15, -0.1) is 0 Å². The topological polar surface area (TPSA) is 0 Å². The fraction of sp³-hybridized carbons (Fsp3) is 0. The molecule has 0 spiro atoms. The summed E-state index contributed by atoms with van der Waals surface area (Å²) in [4.78, 5) is 0. The van der Waals surface area contributed by atoms with Gasteiger partial charge in [-0.3, -0.25) is 0 Å². The van der Waals surface area contributed by atoms with E-state index in [4.69, 9.17) is 0 Å². The predicted octanol–water partition coefficient (Wildman–Crippen LogP) is 13.0. The van der Waals surface area contributed by atoms with Crippen molar-refractivity contribution in [2.24, 2.45) is 0 Å². The van der Waals surface area contributed by atoms with Crippen LogP contribution in [0.15, 0.2) is 182 Å². The Kier molecular flexibility index (Phi) is 6.25. The predicted molar refractivity (Wildman–Crippen MR) is 198 cm³/mol. The van der Waals surface area contributed by atoms with E-state index in [1.807, 2.05) is 0 Å². The van der Waals surface area contributed by atoms with Crippen LogP contribution < -0.4 is 0 Å². The molecular formula is C46H30. The van der Waals surface area contributed by atoms with Gasteiger partial charge in [0.15, 0.2) is 0 Å². The first-order valence-electron chi connectivity index (χ1n) is 15.9. The maximum atomic E-state index is 2.40. The molecule has 0 fully saturated rings. The third-order valence-electron chi connectivity index (χ3n) is 9.45. The summed E-state index contributed by atoms with van der Waals surface area (Å²) in [5, 5.41) is 10.1. The van der Waals surface area contributed by atoms with Gasteiger partial charge in [0.05, 0.1) is 0 Å². The molecule has 0 aliphatic heterocycles. The molecule has 9 aromatic carbocycles. The maximum absolute atomic E-state index is 2.40. The molecule has 0 saturated heterocycles. The maximum Gasteiger partial charge on any atom is -0.00199 e. The normalized spacial score (nSPS) is 11.5. The van der Waals surface area contributed by atoms with E-state index in [0.29, 0.717) is 0 Å². The molecule has 0 N–H and O–H groups in total. The lowest BCUT2D eigenvalue weighted by atomic mass is 9.83. The van der Waals surface area contributed by atoms with Crippen molar-refractivity contribution in [2.45, 2.75) is 0 Å². The van der Waals surface area contributed by atoms with Crippen molar-refractivity contribution < 1.29 is 0 Å². The van der Waals surface area contributed by atoms with Crippen molar-refractivity contribution in [3.63, 3.8) is 0 Å². The summed E-state index contributed by atoms with van der Waals surface area (Å²) in [5.74, 6) is 0. The highest BCUT2D eigenvalue weighted by Gasteiger charge is 2.19. The molecule has 0 atom stereocenters. The molecule has 0 radical (unpaired) electrons. The lowest BCUT2D eigenvalue weighted by molar-refractivity contribution is 1.62. The molecule has 0 unspecified atom stereocenters.